The van der Waals surface area contributed by atoms with Crippen molar-refractivity contribution in [2.24, 2.45) is 0 Å². The average molecular weight is 264 g/mol. The van der Waals surface area contributed by atoms with Crippen molar-refractivity contribution in [2.75, 3.05) is 12.9 Å². The Morgan fingerprint density at radius 3 is 2.56 bits per heavy atom. The van der Waals surface area contributed by atoms with Gasteiger partial charge < -0.3 is 0 Å². The molecule has 0 spiro atoms. The molecule has 0 aliphatic rings. The highest BCUT2D eigenvalue weighted by atomic mass is 35.5. The average Bonchev–Trinajstić information content (AvgIpc) is 2.23. The van der Waals surface area contributed by atoms with E-state index in [4.69, 9.17) is 23.2 Å². The van der Waals surface area contributed by atoms with Gasteiger partial charge in [-0.3, -0.25) is 4.90 Å². The normalized spacial score (nSPS) is 12.2. The number of hydrogen-bond donors (Lipinski definition) is 0. The van der Waals surface area contributed by atoms with Crippen molar-refractivity contribution in [3.63, 3.8) is 0 Å². The first-order valence-electron chi connectivity index (χ1n) is 5.08. The number of alkyl halides is 1. The van der Waals surface area contributed by atoms with Crippen LogP contribution >= 0.6 is 23.2 Å². The zero-order valence-electron chi connectivity index (χ0n) is 9.73. The van der Waals surface area contributed by atoms with Gasteiger partial charge in [0.1, 0.15) is 5.82 Å². The van der Waals surface area contributed by atoms with Crippen LogP contribution in [0.5, 0.6) is 0 Å². The number of nitrogens with zero attached hydrogens (tertiary/aromatic N) is 1. The van der Waals surface area contributed by atoms with Gasteiger partial charge in [-0.25, -0.2) is 4.39 Å². The molecule has 1 aromatic carbocycles. The zero-order valence-corrected chi connectivity index (χ0v) is 11.2. The monoisotopic (exact) mass is 263 g/mol. The Kier molecular flexibility index (Phi) is 4.60. The summed E-state index contributed by atoms with van der Waals surface area (Å²) in [4.78, 5) is 2.01. The summed E-state index contributed by atoms with van der Waals surface area (Å²) < 4.78 is 13.5. The van der Waals surface area contributed by atoms with Gasteiger partial charge in [-0.2, -0.15) is 0 Å². The van der Waals surface area contributed by atoms with Crippen molar-refractivity contribution < 1.29 is 4.39 Å². The molecule has 0 N–H and O–H groups in total. The molecule has 1 aromatic rings. The molecule has 16 heavy (non-hydrogen) atoms. The summed E-state index contributed by atoms with van der Waals surface area (Å²) >= 11 is 11.7. The molecule has 0 amide bonds. The quantitative estimate of drug-likeness (QED) is 0.745. The summed E-state index contributed by atoms with van der Waals surface area (Å²) in [7, 11) is 1.92. The van der Waals surface area contributed by atoms with Crippen LogP contribution in [0.4, 0.5) is 4.39 Å². The molecule has 0 unspecified atom stereocenters. The molecule has 1 rings (SSSR count). The van der Waals surface area contributed by atoms with Crippen LogP contribution in [0.15, 0.2) is 18.2 Å². The molecule has 0 atom stereocenters. The van der Waals surface area contributed by atoms with E-state index in [1.165, 1.54) is 6.07 Å². The lowest BCUT2D eigenvalue weighted by Crippen LogP contribution is -2.42. The minimum Gasteiger partial charge on any atom is -0.296 e. The van der Waals surface area contributed by atoms with Crippen LogP contribution in [0, 0.1) is 5.82 Å². The van der Waals surface area contributed by atoms with Crippen molar-refractivity contribution >= 4 is 23.2 Å². The first-order valence-corrected chi connectivity index (χ1v) is 5.99. The summed E-state index contributed by atoms with van der Waals surface area (Å²) in [6, 6.07) is 4.59. The van der Waals surface area contributed by atoms with Crippen LogP contribution in [0.25, 0.3) is 0 Å². The third kappa shape index (κ3) is 3.34. The molecular formula is C12H16Cl2FN. The van der Waals surface area contributed by atoms with E-state index in [2.05, 4.69) is 0 Å². The molecule has 0 aliphatic carbocycles. The van der Waals surface area contributed by atoms with Crippen molar-refractivity contribution in [2.45, 2.75) is 25.9 Å². The smallest absolute Gasteiger partial charge is 0.127 e. The van der Waals surface area contributed by atoms with E-state index in [0.717, 1.165) is 0 Å². The fraction of sp³-hybridized carbons (Fsp3) is 0.500. The Balaban J connectivity index is 2.84. The summed E-state index contributed by atoms with van der Waals surface area (Å²) in [5.74, 6) is 0.257. The Hall–Kier alpha value is -0.310. The highest BCUT2D eigenvalue weighted by Gasteiger charge is 2.23. The number of benzene rings is 1. The van der Waals surface area contributed by atoms with Crippen LogP contribution in [0.3, 0.4) is 0 Å². The van der Waals surface area contributed by atoms with E-state index in [-0.39, 0.29) is 11.4 Å². The van der Waals surface area contributed by atoms with Gasteiger partial charge in [0.15, 0.2) is 0 Å². The Morgan fingerprint density at radius 1 is 1.38 bits per heavy atom. The maximum atomic E-state index is 13.5. The first-order chi connectivity index (χ1) is 7.36. The number of halogens is 3. The molecule has 0 saturated carbocycles. The largest absolute Gasteiger partial charge is 0.296 e. The third-order valence-electron chi connectivity index (χ3n) is 2.78. The van der Waals surface area contributed by atoms with Crippen LogP contribution in [0.1, 0.15) is 19.4 Å². The standard InChI is InChI=1S/C12H16Cl2FN/c1-12(2,8-13)16(3)7-9-6-10(14)4-5-11(9)15/h4-6H,7-8H2,1-3H3. The van der Waals surface area contributed by atoms with E-state index < -0.39 is 0 Å². The summed E-state index contributed by atoms with van der Waals surface area (Å²) in [6.07, 6.45) is 0. The van der Waals surface area contributed by atoms with Gasteiger partial charge in [0.25, 0.3) is 0 Å². The van der Waals surface area contributed by atoms with Gasteiger partial charge in [0.05, 0.1) is 0 Å². The van der Waals surface area contributed by atoms with Gasteiger partial charge in [-0.1, -0.05) is 11.6 Å². The van der Waals surface area contributed by atoms with E-state index in [1.54, 1.807) is 12.1 Å². The van der Waals surface area contributed by atoms with E-state index >= 15 is 0 Å². The fourth-order valence-corrected chi connectivity index (χ4v) is 1.63. The molecule has 0 bridgehead atoms. The third-order valence-corrected chi connectivity index (χ3v) is 3.66. The van der Waals surface area contributed by atoms with Crippen molar-refractivity contribution in [3.05, 3.63) is 34.6 Å². The maximum Gasteiger partial charge on any atom is 0.127 e. The number of hydrogen-bond acceptors (Lipinski definition) is 1. The maximum absolute atomic E-state index is 13.5. The molecule has 0 radical (unpaired) electrons. The minimum atomic E-state index is -0.235. The molecule has 0 saturated heterocycles. The fourth-order valence-electron chi connectivity index (χ4n) is 1.24. The summed E-state index contributed by atoms with van der Waals surface area (Å²) in [6.45, 7) is 4.52. The lowest BCUT2D eigenvalue weighted by molar-refractivity contribution is 0.169. The molecule has 0 aromatic heterocycles. The van der Waals surface area contributed by atoms with E-state index in [0.29, 0.717) is 23.0 Å². The highest BCUT2D eigenvalue weighted by molar-refractivity contribution is 6.30. The molecule has 4 heteroatoms. The SMILES string of the molecule is CN(Cc1cc(Cl)ccc1F)C(C)(C)CCl. The van der Waals surface area contributed by atoms with Crippen molar-refractivity contribution in [1.82, 2.24) is 4.90 Å². The second-order valence-electron chi connectivity index (χ2n) is 4.54. The zero-order chi connectivity index (χ0) is 12.3. The van der Waals surface area contributed by atoms with E-state index in [1.807, 2.05) is 25.8 Å². The number of rotatable bonds is 4. The molecule has 0 heterocycles. The van der Waals surface area contributed by atoms with E-state index in [9.17, 15) is 4.39 Å². The van der Waals surface area contributed by atoms with Gasteiger partial charge >= 0.3 is 0 Å². The molecule has 1 nitrogen and oxygen atoms in total. The predicted molar refractivity (Wildman–Crippen MR) is 67.7 cm³/mol. The topological polar surface area (TPSA) is 3.24 Å². The Bertz CT molecular complexity index is 366. The van der Waals surface area contributed by atoms with Gasteiger partial charge in [0.2, 0.25) is 0 Å². The van der Waals surface area contributed by atoms with Crippen molar-refractivity contribution in [1.29, 1.82) is 0 Å². The summed E-state index contributed by atoms with van der Waals surface area (Å²) in [5.41, 5.74) is 0.421. The van der Waals surface area contributed by atoms with Crippen LogP contribution in [0.2, 0.25) is 5.02 Å². The van der Waals surface area contributed by atoms with Gasteiger partial charge in [0, 0.05) is 28.5 Å². The second-order valence-corrected chi connectivity index (χ2v) is 5.24. The van der Waals surface area contributed by atoms with Crippen molar-refractivity contribution in [3.8, 4) is 0 Å². The second kappa shape index (κ2) is 5.35. The van der Waals surface area contributed by atoms with Gasteiger partial charge in [-0.05, 0) is 39.1 Å². The van der Waals surface area contributed by atoms with Gasteiger partial charge in [-0.15, -0.1) is 11.6 Å². The Labute approximate surface area is 106 Å². The highest BCUT2D eigenvalue weighted by Crippen LogP contribution is 2.21. The van der Waals surface area contributed by atoms with Crippen LogP contribution in [-0.4, -0.2) is 23.4 Å². The summed E-state index contributed by atoms with van der Waals surface area (Å²) in [5, 5.41) is 0.550. The molecule has 0 fully saturated rings. The first kappa shape index (κ1) is 13.8. The van der Waals surface area contributed by atoms with Crippen LogP contribution in [-0.2, 0) is 6.54 Å². The molecular weight excluding hydrogens is 248 g/mol. The lowest BCUT2D eigenvalue weighted by Gasteiger charge is -2.33. The lowest BCUT2D eigenvalue weighted by atomic mass is 10.1. The predicted octanol–water partition coefficient (Wildman–Crippen LogP) is 3.93. The Morgan fingerprint density at radius 2 is 2.00 bits per heavy atom. The minimum absolute atomic E-state index is 0.170. The molecule has 90 valence electrons. The van der Waals surface area contributed by atoms with Crippen LogP contribution < -0.4 is 0 Å². The molecule has 0 aliphatic heterocycles.